The third-order valence-corrected chi connectivity index (χ3v) is 16.7. The number of Topliss-reactive ketones (excluding diaryl/α,β-unsaturated/α-hetero) is 2. The molecular weight excluding hydrogens is 1170 g/mol. The summed E-state index contributed by atoms with van der Waals surface area (Å²) in [5, 5.41) is 35.9. The Morgan fingerprint density at radius 1 is 0.764 bits per heavy atom. The summed E-state index contributed by atoms with van der Waals surface area (Å²) in [7, 11) is 1.60. The van der Waals surface area contributed by atoms with Crippen molar-refractivity contribution in [3.8, 4) is 0 Å². The van der Waals surface area contributed by atoms with Gasteiger partial charge < -0.3 is 60.5 Å². The zero-order chi connectivity index (χ0) is 66.2. The summed E-state index contributed by atoms with van der Waals surface area (Å²) in [6.07, 6.45) is 2.83. The van der Waals surface area contributed by atoms with Crippen molar-refractivity contribution in [2.75, 3.05) is 59.9 Å². The van der Waals surface area contributed by atoms with Crippen molar-refractivity contribution in [2.45, 2.75) is 195 Å². The predicted octanol–water partition coefficient (Wildman–Crippen LogP) is 7.26. The molecule has 0 fully saturated rings. The molecule has 0 aromatic heterocycles. The highest BCUT2D eigenvalue weighted by molar-refractivity contribution is 6.31. The van der Waals surface area contributed by atoms with Crippen molar-refractivity contribution >= 4 is 64.6 Å². The van der Waals surface area contributed by atoms with Crippen molar-refractivity contribution in [3.63, 3.8) is 0 Å². The average Bonchev–Trinajstić information content (AvgIpc) is 1.70. The number of esters is 1. The smallest absolute Gasteiger partial charge is 0.328 e. The number of halogens is 1. The molecule has 21 nitrogen and oxygen atoms in total. The molecule has 2 aromatic carbocycles. The Balaban J connectivity index is 1.77. The second-order valence-electron chi connectivity index (χ2n) is 24.7. The van der Waals surface area contributed by atoms with E-state index in [-0.39, 0.29) is 93.7 Å². The molecule has 89 heavy (non-hydrogen) atoms. The van der Waals surface area contributed by atoms with Gasteiger partial charge in [0.2, 0.25) is 29.5 Å². The number of ether oxygens (including phenoxy) is 5. The molecule has 5 amide bonds. The lowest BCUT2D eigenvalue weighted by Gasteiger charge is -2.35. The molecule has 0 spiro atoms. The molecule has 0 bridgehead atoms. The number of aliphatic carboxylic acids is 1. The molecule has 1 aliphatic rings. The number of methoxy groups -OCH3 is 1. The van der Waals surface area contributed by atoms with E-state index >= 15 is 0 Å². The van der Waals surface area contributed by atoms with Gasteiger partial charge in [0.05, 0.1) is 63.8 Å². The van der Waals surface area contributed by atoms with Gasteiger partial charge in [0.1, 0.15) is 24.0 Å². The van der Waals surface area contributed by atoms with Crippen LogP contribution in [0.1, 0.15) is 161 Å². The summed E-state index contributed by atoms with van der Waals surface area (Å²) in [4.78, 5) is 120. The van der Waals surface area contributed by atoms with Crippen LogP contribution in [0, 0.1) is 36.0 Å². The van der Waals surface area contributed by atoms with Gasteiger partial charge in [0.25, 0.3) is 0 Å². The largest absolute Gasteiger partial charge is 0.481 e. The van der Waals surface area contributed by atoms with E-state index in [0.717, 1.165) is 16.7 Å². The number of rotatable bonds is 38. The number of aliphatic hydroxyl groups excluding tert-OH is 1. The predicted molar refractivity (Wildman–Crippen MR) is 339 cm³/mol. The first-order valence-corrected chi connectivity index (χ1v) is 31.9. The van der Waals surface area contributed by atoms with E-state index in [1.165, 1.54) is 12.2 Å². The summed E-state index contributed by atoms with van der Waals surface area (Å²) in [6, 6.07) is 9.07. The lowest BCUT2D eigenvalue weighted by Crippen LogP contribution is -2.58. The molecule has 9 atom stereocenters. The Morgan fingerprint density at radius 3 is 2.02 bits per heavy atom. The monoisotopic (exact) mass is 1270 g/mol. The van der Waals surface area contributed by atoms with E-state index in [1.807, 2.05) is 64.1 Å². The number of carboxylic acid groups (broad SMARTS) is 1. The Hall–Kier alpha value is -6.10. The van der Waals surface area contributed by atoms with Crippen LogP contribution in [0.25, 0.3) is 0 Å². The van der Waals surface area contributed by atoms with Crippen LogP contribution in [-0.4, -0.2) is 160 Å². The summed E-state index contributed by atoms with van der Waals surface area (Å²) in [5.41, 5.74) is 1.90. The normalized spacial score (nSPS) is 19.6. The maximum atomic E-state index is 14.2. The molecule has 7 N–H and O–H groups in total. The number of benzene rings is 2. The molecule has 1 aliphatic heterocycles. The van der Waals surface area contributed by atoms with Gasteiger partial charge >= 0.3 is 11.9 Å². The summed E-state index contributed by atoms with van der Waals surface area (Å²) in [6.45, 7) is 21.0. The third kappa shape index (κ3) is 28.7. The number of nitrogens with one attached hydrogen (secondary N) is 5. The lowest BCUT2D eigenvalue weighted by molar-refractivity contribution is -0.159. The van der Waals surface area contributed by atoms with Gasteiger partial charge in [0.15, 0.2) is 5.78 Å². The SMILES string of the molecule is COCCOCCOCCOCCC(=O)NCCCC[C@H](CC(=O)[C@@H](NC(=O)CCCC(=O)O)C(C)C)C(=O)CCc1ccc([C@@H](C)C(O)[C@@H](C)[C@@H]2C/C=C/C(=O)N[C@H](Cc3ccc(C)c(Cl)c3)C(=O)N[C@@H](C)C(C)(C)C(=O)N[C@@H](CC(C)C)C(=O)O2)cc1. The molecule has 1 heterocycles. The number of cyclic esters (lactones) is 1. The molecular formula is C67H102ClN5O16. The van der Waals surface area contributed by atoms with E-state index < -0.39 is 95.1 Å². The van der Waals surface area contributed by atoms with Crippen molar-refractivity contribution in [2.24, 2.45) is 29.1 Å². The van der Waals surface area contributed by atoms with Gasteiger partial charge in [-0.2, -0.15) is 0 Å². The molecule has 22 heteroatoms. The minimum atomic E-state index is -1.23. The Morgan fingerprint density at radius 2 is 1.40 bits per heavy atom. The van der Waals surface area contributed by atoms with Crippen LogP contribution in [0.3, 0.4) is 0 Å². The van der Waals surface area contributed by atoms with Crippen LogP contribution in [-0.2, 0) is 79.7 Å². The van der Waals surface area contributed by atoms with E-state index in [9.17, 15) is 48.3 Å². The third-order valence-electron chi connectivity index (χ3n) is 16.3. The molecule has 2 aromatic rings. The van der Waals surface area contributed by atoms with Crippen LogP contribution < -0.4 is 26.6 Å². The molecule has 1 unspecified atom stereocenters. The minimum Gasteiger partial charge on any atom is -0.481 e. The number of carboxylic acids is 1. The number of hydrogen-bond donors (Lipinski definition) is 7. The van der Waals surface area contributed by atoms with Crippen LogP contribution in [0.15, 0.2) is 54.6 Å². The van der Waals surface area contributed by atoms with Crippen LogP contribution in [0.2, 0.25) is 5.02 Å². The fourth-order valence-corrected chi connectivity index (χ4v) is 10.3. The van der Waals surface area contributed by atoms with E-state index in [1.54, 1.807) is 54.7 Å². The van der Waals surface area contributed by atoms with Crippen molar-refractivity contribution in [3.05, 3.63) is 81.9 Å². The summed E-state index contributed by atoms with van der Waals surface area (Å²) >= 11 is 6.44. The highest BCUT2D eigenvalue weighted by atomic mass is 35.5. The first-order chi connectivity index (χ1) is 42.1. The van der Waals surface area contributed by atoms with E-state index in [4.69, 9.17) is 40.4 Å². The Labute approximate surface area is 532 Å². The molecule has 0 saturated carbocycles. The number of hydrogen-bond acceptors (Lipinski definition) is 15. The topological polar surface area (TPSA) is 300 Å². The van der Waals surface area contributed by atoms with E-state index in [2.05, 4.69) is 26.6 Å². The van der Waals surface area contributed by atoms with Gasteiger partial charge in [-0.05, 0) is 106 Å². The van der Waals surface area contributed by atoms with Crippen LogP contribution >= 0.6 is 11.6 Å². The number of ketones is 2. The van der Waals surface area contributed by atoms with Crippen molar-refractivity contribution < 1.29 is 77.0 Å². The standard InChI is InChI=1S/C67H102ClN5O16/c1-42(2)38-54-65(83)89-57(17-14-18-59(77)71-53(40-49-22-21-44(5)52(68)39-49)64(82)70-47(8)67(9,10)66(84)72-54)46(7)63(81)45(6)50-26-23-48(24-27-50)25-28-55(74)51(41-56(75)62(43(3)4)73-60(78)19-15-20-61(79)80)16-12-13-30-69-58(76)29-31-86-34-35-88-37-36-87-33-32-85-11/h14,18,21-24,26-27,39,42-43,45-47,51,53-54,57,62-63,81H,12-13,15-17,19-20,25,28-38,40-41H2,1-11H3,(H,69,76)(H,70,82)(H,71,77)(H,72,84)(H,73,78)(H,79,80)/b18-14+/t45-,46+,47+,51-,53-,54+,57+,62+,63?/m1/s1. The minimum absolute atomic E-state index is 0.00165. The van der Waals surface area contributed by atoms with Crippen molar-refractivity contribution in [1.82, 2.24) is 26.6 Å². The summed E-state index contributed by atoms with van der Waals surface area (Å²) < 4.78 is 27.5. The number of aryl methyl sites for hydroxylation is 2. The quantitative estimate of drug-likeness (QED) is 0.0257. The second-order valence-corrected chi connectivity index (χ2v) is 25.2. The van der Waals surface area contributed by atoms with Gasteiger partial charge in [-0.1, -0.05) is 102 Å². The zero-order valence-corrected chi connectivity index (χ0v) is 55.1. The Bertz CT molecular complexity index is 2610. The first kappa shape index (κ1) is 77.1. The van der Waals surface area contributed by atoms with Gasteiger partial charge in [-0.15, -0.1) is 0 Å². The maximum absolute atomic E-state index is 14.2. The lowest BCUT2D eigenvalue weighted by atomic mass is 9.83. The number of amides is 5. The molecule has 0 radical (unpaired) electrons. The van der Waals surface area contributed by atoms with E-state index in [0.29, 0.717) is 82.5 Å². The number of carbonyl (C=O) groups is 9. The fraction of sp³-hybridized carbons (Fsp3) is 0.657. The summed E-state index contributed by atoms with van der Waals surface area (Å²) in [5.74, 6) is -6.68. The van der Waals surface area contributed by atoms with Crippen LogP contribution in [0.5, 0.6) is 0 Å². The zero-order valence-electron chi connectivity index (χ0n) is 54.4. The maximum Gasteiger partial charge on any atom is 0.328 e. The number of unbranched alkanes of at least 4 members (excludes halogenated alkanes) is 1. The molecule has 498 valence electrons. The van der Waals surface area contributed by atoms with Crippen molar-refractivity contribution in [1.29, 1.82) is 0 Å². The fourth-order valence-electron chi connectivity index (χ4n) is 10.1. The highest BCUT2D eigenvalue weighted by Gasteiger charge is 2.40. The molecule has 0 saturated heterocycles. The van der Waals surface area contributed by atoms with Gasteiger partial charge in [-0.3, -0.25) is 38.4 Å². The second kappa shape index (κ2) is 40.6. The van der Waals surface area contributed by atoms with Crippen LogP contribution in [0.4, 0.5) is 0 Å². The molecule has 3 rings (SSSR count). The first-order valence-electron chi connectivity index (χ1n) is 31.5. The average molecular weight is 1270 g/mol. The molecule has 0 aliphatic carbocycles. The van der Waals surface area contributed by atoms with Gasteiger partial charge in [0, 0.05) is 87.4 Å². The number of aliphatic hydroxyl groups is 1. The number of carbonyl (C=O) groups excluding carboxylic acids is 8. The highest BCUT2D eigenvalue weighted by Crippen LogP contribution is 2.31. The van der Waals surface area contributed by atoms with Gasteiger partial charge in [-0.25, -0.2) is 4.79 Å². The Kier molecular flexibility index (Phi) is 35.2.